The van der Waals surface area contributed by atoms with Crippen molar-refractivity contribution in [2.75, 3.05) is 22.9 Å². The van der Waals surface area contributed by atoms with Gasteiger partial charge >= 0.3 is 0 Å². The highest BCUT2D eigenvalue weighted by atomic mass is 35.5. The number of nitrogens with zero attached hydrogens (tertiary/aromatic N) is 4. The van der Waals surface area contributed by atoms with E-state index in [2.05, 4.69) is 10.3 Å². The Morgan fingerprint density at radius 2 is 1.97 bits per heavy atom. The number of pyridine rings is 1. The molecule has 3 heterocycles. The van der Waals surface area contributed by atoms with Gasteiger partial charge in [0.2, 0.25) is 5.88 Å². The summed E-state index contributed by atoms with van der Waals surface area (Å²) in [7, 11) is 0. The van der Waals surface area contributed by atoms with Gasteiger partial charge in [-0.15, -0.1) is 0 Å². The van der Waals surface area contributed by atoms with Gasteiger partial charge in [-0.2, -0.15) is 5.26 Å². The Kier molecular flexibility index (Phi) is 5.84. The molecule has 0 bridgehead atoms. The molecule has 7 nitrogen and oxygen atoms in total. The Morgan fingerprint density at radius 3 is 2.58 bits per heavy atom. The summed E-state index contributed by atoms with van der Waals surface area (Å²) in [6.45, 7) is 5.51. The monoisotopic (exact) mass is 455 g/mol. The molecule has 1 N–H and O–H groups in total. The quantitative estimate of drug-likeness (QED) is 0.704. The number of piperidine rings is 1. The van der Waals surface area contributed by atoms with Gasteiger partial charge in [-0.3, -0.25) is 9.69 Å². The van der Waals surface area contributed by atoms with Crippen molar-refractivity contribution in [3.63, 3.8) is 0 Å². The third kappa shape index (κ3) is 3.97. The number of hydrogen-bond donors (Lipinski definition) is 1. The Morgan fingerprint density at radius 1 is 1.26 bits per heavy atom. The topological polar surface area (TPSA) is 81.5 Å². The fourth-order valence-corrected chi connectivity index (χ4v) is 4.59. The Hall–Kier alpha value is -2.73. The third-order valence-corrected chi connectivity index (χ3v) is 6.23. The highest BCUT2D eigenvalue weighted by Gasteiger charge is 2.50. The molecule has 0 saturated carbocycles. The average molecular weight is 456 g/mol. The molecule has 4 rings (SSSR count). The molecule has 2 aliphatic rings. The van der Waals surface area contributed by atoms with Crippen LogP contribution in [0.1, 0.15) is 32.3 Å². The van der Waals surface area contributed by atoms with E-state index in [0.29, 0.717) is 27.9 Å². The molecule has 2 aliphatic heterocycles. The predicted octanol–water partition coefficient (Wildman–Crippen LogP) is 3.65. The summed E-state index contributed by atoms with van der Waals surface area (Å²) in [5, 5.41) is 13.0. The summed E-state index contributed by atoms with van der Waals surface area (Å²) in [5.41, 5.74) is 0.639. The number of amides is 1. The van der Waals surface area contributed by atoms with Crippen LogP contribution in [0.3, 0.4) is 0 Å². The van der Waals surface area contributed by atoms with Gasteiger partial charge < -0.3 is 15.0 Å². The normalized spacial score (nSPS) is 18.9. The maximum Gasteiger partial charge on any atom is 0.259 e. The predicted molar refractivity (Wildman–Crippen MR) is 124 cm³/mol. The first kappa shape index (κ1) is 21.5. The Balaban J connectivity index is 1.59. The number of rotatable bonds is 4. The van der Waals surface area contributed by atoms with Gasteiger partial charge in [-0.1, -0.05) is 11.6 Å². The lowest BCUT2D eigenvalue weighted by atomic mass is 10.0. The molecule has 2 aromatic rings. The van der Waals surface area contributed by atoms with Gasteiger partial charge in [-0.05, 0) is 76.3 Å². The van der Waals surface area contributed by atoms with E-state index in [-0.39, 0.29) is 17.0 Å². The summed E-state index contributed by atoms with van der Waals surface area (Å²) in [4.78, 5) is 20.9. The summed E-state index contributed by atoms with van der Waals surface area (Å²) in [6, 6.07) is 10.5. The molecule has 0 spiro atoms. The molecule has 0 radical (unpaired) electrons. The first-order chi connectivity index (χ1) is 14.8. The van der Waals surface area contributed by atoms with E-state index in [9.17, 15) is 4.79 Å². The van der Waals surface area contributed by atoms with Crippen LogP contribution in [-0.4, -0.2) is 40.7 Å². The van der Waals surface area contributed by atoms with Crippen molar-refractivity contribution in [1.29, 1.82) is 5.26 Å². The molecule has 0 unspecified atom stereocenters. The molecule has 0 atom stereocenters. The van der Waals surface area contributed by atoms with Gasteiger partial charge in [0.05, 0.1) is 28.2 Å². The van der Waals surface area contributed by atoms with Crippen molar-refractivity contribution < 1.29 is 9.53 Å². The van der Waals surface area contributed by atoms with E-state index in [0.717, 1.165) is 25.9 Å². The zero-order valence-electron chi connectivity index (χ0n) is 17.3. The maximum absolute atomic E-state index is 13.3. The molecule has 1 aromatic carbocycles. The smallest absolute Gasteiger partial charge is 0.259 e. The molecular weight excluding hydrogens is 434 g/mol. The number of ether oxygens (including phenoxy) is 1. The highest BCUT2D eigenvalue weighted by Crippen LogP contribution is 2.37. The second-order valence-electron chi connectivity index (χ2n) is 8.02. The van der Waals surface area contributed by atoms with E-state index >= 15 is 0 Å². The van der Waals surface area contributed by atoms with Crippen molar-refractivity contribution in [1.82, 2.24) is 10.3 Å². The van der Waals surface area contributed by atoms with Crippen LogP contribution in [0, 0.1) is 11.3 Å². The van der Waals surface area contributed by atoms with Crippen molar-refractivity contribution in [2.45, 2.75) is 38.3 Å². The van der Waals surface area contributed by atoms with Gasteiger partial charge in [0.25, 0.3) is 5.91 Å². The van der Waals surface area contributed by atoms with Gasteiger partial charge in [0, 0.05) is 6.07 Å². The van der Waals surface area contributed by atoms with Crippen LogP contribution >= 0.6 is 23.8 Å². The molecule has 9 heteroatoms. The largest absolute Gasteiger partial charge is 0.474 e. The molecule has 1 aromatic heterocycles. The van der Waals surface area contributed by atoms with Crippen LogP contribution < -0.4 is 19.9 Å². The van der Waals surface area contributed by atoms with Crippen LogP contribution in [0.4, 0.5) is 11.4 Å². The maximum atomic E-state index is 13.3. The lowest BCUT2D eigenvalue weighted by Crippen LogP contribution is -2.44. The molecule has 2 fully saturated rings. The Labute approximate surface area is 191 Å². The van der Waals surface area contributed by atoms with Crippen LogP contribution in [0.2, 0.25) is 5.02 Å². The second kappa shape index (κ2) is 8.42. The molecule has 1 amide bonds. The fourth-order valence-electron chi connectivity index (χ4n) is 3.85. The first-order valence-electron chi connectivity index (χ1n) is 10.0. The molecule has 31 heavy (non-hydrogen) atoms. The zero-order chi connectivity index (χ0) is 22.2. The fraction of sp³-hybridized carbons (Fsp3) is 0.364. The van der Waals surface area contributed by atoms with Crippen molar-refractivity contribution in [3.8, 4) is 11.9 Å². The van der Waals surface area contributed by atoms with Gasteiger partial charge in [0.15, 0.2) is 5.11 Å². The second-order valence-corrected chi connectivity index (χ2v) is 8.79. The van der Waals surface area contributed by atoms with Crippen LogP contribution in [-0.2, 0) is 4.79 Å². The van der Waals surface area contributed by atoms with Crippen molar-refractivity contribution in [3.05, 3.63) is 47.1 Å². The van der Waals surface area contributed by atoms with Gasteiger partial charge in [0.1, 0.15) is 17.7 Å². The number of nitrogens with one attached hydrogen (secondary N) is 1. The number of aromatic nitrogens is 1. The molecule has 2 saturated heterocycles. The summed E-state index contributed by atoms with van der Waals surface area (Å²) >= 11 is 11.9. The van der Waals surface area contributed by atoms with E-state index in [4.69, 9.17) is 33.8 Å². The van der Waals surface area contributed by atoms with Crippen LogP contribution in [0.5, 0.6) is 5.88 Å². The molecule has 160 valence electrons. The lowest BCUT2D eigenvalue weighted by molar-refractivity contribution is -0.120. The van der Waals surface area contributed by atoms with Crippen molar-refractivity contribution >= 4 is 46.2 Å². The van der Waals surface area contributed by atoms with Crippen LogP contribution in [0.25, 0.3) is 0 Å². The number of nitriles is 1. The zero-order valence-corrected chi connectivity index (χ0v) is 18.8. The third-order valence-electron chi connectivity index (χ3n) is 5.55. The number of halogens is 1. The highest BCUT2D eigenvalue weighted by molar-refractivity contribution is 7.81. The number of anilines is 2. The number of hydrogen-bond acceptors (Lipinski definition) is 6. The molecule has 0 aliphatic carbocycles. The minimum absolute atomic E-state index is 0.155. The number of benzene rings is 1. The van der Waals surface area contributed by atoms with E-state index < -0.39 is 5.54 Å². The summed E-state index contributed by atoms with van der Waals surface area (Å²) < 4.78 is 5.98. The van der Waals surface area contributed by atoms with Crippen LogP contribution in [0.15, 0.2) is 36.5 Å². The van der Waals surface area contributed by atoms with E-state index in [1.807, 2.05) is 32.0 Å². The minimum atomic E-state index is -0.920. The Bertz CT molecular complexity index is 1060. The van der Waals surface area contributed by atoms with Crippen molar-refractivity contribution in [2.24, 2.45) is 0 Å². The average Bonchev–Trinajstić information content (AvgIpc) is 2.93. The molecular formula is C22H22ClN5O2S. The minimum Gasteiger partial charge on any atom is -0.474 e. The van der Waals surface area contributed by atoms with Gasteiger partial charge in [-0.25, -0.2) is 4.98 Å². The standard InChI is InChI=1S/C22H22ClN5O2S/c1-22(2)20(29)27(15-4-3-14(12-24)18(23)11-15)21(31)28(22)16-5-6-19(26-13-16)30-17-7-9-25-10-8-17/h3-6,11,13,17,25H,7-10H2,1-2H3. The number of thiocarbonyl (C=S) groups is 1. The lowest BCUT2D eigenvalue weighted by Gasteiger charge is -2.29. The first-order valence-corrected chi connectivity index (χ1v) is 10.8. The SMILES string of the molecule is CC1(C)C(=O)N(c2ccc(C#N)c(Cl)c2)C(=S)N1c1ccc(OC2CCNCC2)nc1. The summed E-state index contributed by atoms with van der Waals surface area (Å²) in [6.07, 6.45) is 3.72. The number of carbonyl (C=O) groups is 1. The summed E-state index contributed by atoms with van der Waals surface area (Å²) in [5.74, 6) is 0.369. The van der Waals surface area contributed by atoms with E-state index in [1.54, 1.807) is 29.3 Å². The number of carbonyl (C=O) groups excluding carboxylic acids is 1. The van der Waals surface area contributed by atoms with E-state index in [1.165, 1.54) is 4.90 Å².